The normalized spacial score (nSPS) is 11.3. The minimum absolute atomic E-state index is 0.0500. The van der Waals surface area contributed by atoms with Crippen molar-refractivity contribution in [3.05, 3.63) is 0 Å². The molecule has 0 radical (unpaired) electrons. The first kappa shape index (κ1) is 14.5. The molecule has 0 saturated carbocycles. The van der Waals surface area contributed by atoms with E-state index < -0.39 is 6.04 Å². The largest absolute Gasteiger partial charge is 0.346 e. The van der Waals surface area contributed by atoms with E-state index in [0.29, 0.717) is 6.54 Å². The van der Waals surface area contributed by atoms with Gasteiger partial charge < -0.3 is 16.4 Å². The maximum atomic E-state index is 11.4. The Kier molecular flexibility index (Phi) is 6.97. The Bertz CT molecular complexity index is 302. The summed E-state index contributed by atoms with van der Waals surface area (Å²) in [5, 5.41) is 5.01. The van der Waals surface area contributed by atoms with E-state index in [9.17, 15) is 9.59 Å². The number of carbonyl (C=O) groups is 2. The monoisotopic (exact) mass is 225 g/mol. The summed E-state index contributed by atoms with van der Waals surface area (Å²) in [5.41, 5.74) is 5.60. The molecular formula is C11H19N3O2. The quantitative estimate of drug-likeness (QED) is 0.537. The fraction of sp³-hybridized carbons (Fsp3) is 0.636. The summed E-state index contributed by atoms with van der Waals surface area (Å²) in [6.07, 6.45) is 0. The van der Waals surface area contributed by atoms with Crippen molar-refractivity contribution in [1.29, 1.82) is 0 Å². The summed E-state index contributed by atoms with van der Waals surface area (Å²) in [4.78, 5) is 22.6. The predicted octanol–water partition coefficient (Wildman–Crippen LogP) is -0.775. The molecule has 0 aliphatic heterocycles. The van der Waals surface area contributed by atoms with Crippen LogP contribution in [-0.2, 0) is 9.59 Å². The topological polar surface area (TPSA) is 84.2 Å². The van der Waals surface area contributed by atoms with Gasteiger partial charge in [0.05, 0.1) is 19.1 Å². The molecule has 0 bridgehead atoms. The maximum Gasteiger partial charge on any atom is 0.240 e. The fourth-order valence-corrected chi connectivity index (χ4v) is 0.882. The van der Waals surface area contributed by atoms with E-state index in [4.69, 9.17) is 5.73 Å². The van der Waals surface area contributed by atoms with Crippen molar-refractivity contribution in [2.75, 3.05) is 13.1 Å². The average Bonchev–Trinajstić information content (AvgIpc) is 2.25. The van der Waals surface area contributed by atoms with Gasteiger partial charge in [-0.3, -0.25) is 9.59 Å². The third-order valence-corrected chi connectivity index (χ3v) is 1.99. The van der Waals surface area contributed by atoms with E-state index in [-0.39, 0.29) is 24.3 Å². The molecule has 0 fully saturated rings. The summed E-state index contributed by atoms with van der Waals surface area (Å²) in [6, 6.07) is -0.580. The van der Waals surface area contributed by atoms with E-state index in [1.54, 1.807) is 6.92 Å². The van der Waals surface area contributed by atoms with E-state index in [1.165, 1.54) is 0 Å². The number of amides is 2. The minimum Gasteiger partial charge on any atom is -0.346 e. The molecule has 0 saturated heterocycles. The maximum absolute atomic E-state index is 11.4. The van der Waals surface area contributed by atoms with E-state index in [0.717, 1.165) is 0 Å². The van der Waals surface area contributed by atoms with Crippen LogP contribution in [0.4, 0.5) is 0 Å². The van der Waals surface area contributed by atoms with Gasteiger partial charge in [0, 0.05) is 0 Å². The molecule has 2 amide bonds. The van der Waals surface area contributed by atoms with Crippen molar-refractivity contribution in [1.82, 2.24) is 10.6 Å². The Hall–Kier alpha value is -1.54. The second-order valence-electron chi connectivity index (χ2n) is 3.69. The number of nitrogens with two attached hydrogens (primary N) is 1. The molecule has 0 rings (SSSR count). The van der Waals surface area contributed by atoms with Gasteiger partial charge in [-0.1, -0.05) is 19.8 Å². The molecule has 0 aromatic heterocycles. The zero-order valence-electron chi connectivity index (χ0n) is 9.96. The highest BCUT2D eigenvalue weighted by atomic mass is 16.2. The van der Waals surface area contributed by atoms with Crippen molar-refractivity contribution in [2.45, 2.75) is 26.8 Å². The summed E-state index contributed by atoms with van der Waals surface area (Å²) in [5.74, 6) is 4.80. The molecule has 0 aromatic carbocycles. The Morgan fingerprint density at radius 2 is 1.94 bits per heavy atom. The van der Waals surface area contributed by atoms with Crippen LogP contribution >= 0.6 is 0 Å². The molecule has 4 N–H and O–H groups in total. The van der Waals surface area contributed by atoms with Gasteiger partial charge in [-0.25, -0.2) is 0 Å². The first-order valence-electron chi connectivity index (χ1n) is 5.18. The first-order valence-corrected chi connectivity index (χ1v) is 5.18. The third-order valence-electron chi connectivity index (χ3n) is 1.99. The van der Waals surface area contributed by atoms with E-state index in [1.807, 2.05) is 13.8 Å². The number of nitrogens with one attached hydrogen (secondary N) is 2. The molecule has 0 aliphatic rings. The van der Waals surface area contributed by atoms with Gasteiger partial charge >= 0.3 is 0 Å². The summed E-state index contributed by atoms with van der Waals surface area (Å²) < 4.78 is 0. The zero-order valence-corrected chi connectivity index (χ0v) is 9.96. The second kappa shape index (κ2) is 7.71. The lowest BCUT2D eigenvalue weighted by Gasteiger charge is -2.14. The predicted molar refractivity (Wildman–Crippen MR) is 62.3 cm³/mol. The zero-order chi connectivity index (χ0) is 12.6. The molecule has 0 spiro atoms. The molecule has 5 nitrogen and oxygen atoms in total. The Labute approximate surface area is 96.2 Å². The van der Waals surface area contributed by atoms with Crippen LogP contribution in [0.15, 0.2) is 0 Å². The van der Waals surface area contributed by atoms with Crippen LogP contribution in [0, 0.1) is 17.8 Å². The van der Waals surface area contributed by atoms with Crippen LogP contribution in [0.25, 0.3) is 0 Å². The highest BCUT2D eigenvalue weighted by Gasteiger charge is 2.17. The molecule has 0 aromatic rings. The van der Waals surface area contributed by atoms with Gasteiger partial charge in [-0.05, 0) is 12.8 Å². The first-order chi connectivity index (χ1) is 7.49. The molecule has 16 heavy (non-hydrogen) atoms. The molecule has 0 heterocycles. The second-order valence-corrected chi connectivity index (χ2v) is 3.69. The van der Waals surface area contributed by atoms with Crippen LogP contribution in [0.5, 0.6) is 0 Å². The summed E-state index contributed by atoms with van der Waals surface area (Å²) in [6.45, 7) is 5.62. The van der Waals surface area contributed by atoms with Crippen LogP contribution < -0.4 is 16.4 Å². The Morgan fingerprint density at radius 3 is 2.44 bits per heavy atom. The van der Waals surface area contributed by atoms with Gasteiger partial charge in [0.25, 0.3) is 0 Å². The summed E-state index contributed by atoms with van der Waals surface area (Å²) >= 11 is 0. The van der Waals surface area contributed by atoms with Crippen molar-refractivity contribution in [3.8, 4) is 11.8 Å². The molecule has 90 valence electrons. The van der Waals surface area contributed by atoms with Gasteiger partial charge in [-0.2, -0.15) is 0 Å². The van der Waals surface area contributed by atoms with Crippen LogP contribution in [0.1, 0.15) is 20.8 Å². The highest BCUT2D eigenvalue weighted by molar-refractivity contribution is 5.87. The van der Waals surface area contributed by atoms with Crippen LogP contribution in [0.3, 0.4) is 0 Å². The average molecular weight is 225 g/mol. The van der Waals surface area contributed by atoms with Gasteiger partial charge in [0.1, 0.15) is 0 Å². The van der Waals surface area contributed by atoms with Crippen LogP contribution in [-0.4, -0.2) is 30.9 Å². The SMILES string of the molecule is CC#CCNC(=O)CNC(=O)[C@@H](N)C(C)C. The van der Waals surface area contributed by atoms with E-state index in [2.05, 4.69) is 22.5 Å². The fourth-order valence-electron chi connectivity index (χ4n) is 0.882. The molecule has 5 heteroatoms. The van der Waals surface area contributed by atoms with Gasteiger partial charge in [-0.15, -0.1) is 5.92 Å². The number of hydrogen-bond donors (Lipinski definition) is 3. The number of hydrogen-bond acceptors (Lipinski definition) is 3. The van der Waals surface area contributed by atoms with Crippen molar-refractivity contribution in [3.63, 3.8) is 0 Å². The standard InChI is InChI=1S/C11H19N3O2/c1-4-5-6-13-9(15)7-14-11(16)10(12)8(2)3/h8,10H,6-7,12H2,1-3H3,(H,13,15)(H,14,16)/t10-/m0/s1. The molecule has 1 atom stereocenters. The molecule has 0 aliphatic carbocycles. The lowest BCUT2D eigenvalue weighted by molar-refractivity contribution is -0.127. The lowest BCUT2D eigenvalue weighted by Crippen LogP contribution is -2.47. The highest BCUT2D eigenvalue weighted by Crippen LogP contribution is 1.97. The van der Waals surface area contributed by atoms with Gasteiger partial charge in [0.2, 0.25) is 11.8 Å². The van der Waals surface area contributed by atoms with Crippen molar-refractivity contribution >= 4 is 11.8 Å². The number of rotatable bonds is 5. The molecular weight excluding hydrogens is 206 g/mol. The van der Waals surface area contributed by atoms with Crippen molar-refractivity contribution in [2.24, 2.45) is 11.7 Å². The smallest absolute Gasteiger partial charge is 0.240 e. The minimum atomic E-state index is -0.580. The Balaban J connectivity index is 3.82. The van der Waals surface area contributed by atoms with E-state index >= 15 is 0 Å². The van der Waals surface area contributed by atoms with Gasteiger partial charge in [0.15, 0.2) is 0 Å². The van der Waals surface area contributed by atoms with Crippen LogP contribution in [0.2, 0.25) is 0 Å². The van der Waals surface area contributed by atoms with Crippen molar-refractivity contribution < 1.29 is 9.59 Å². The Morgan fingerprint density at radius 1 is 1.31 bits per heavy atom. The number of carbonyl (C=O) groups excluding carboxylic acids is 2. The third kappa shape index (κ3) is 6.04. The lowest BCUT2D eigenvalue weighted by atomic mass is 10.1. The summed E-state index contributed by atoms with van der Waals surface area (Å²) in [7, 11) is 0. The molecule has 0 unspecified atom stereocenters.